The first-order valence-corrected chi connectivity index (χ1v) is 13.3. The normalized spacial score (nSPS) is 20.7. The van der Waals surface area contributed by atoms with E-state index < -0.39 is 21.6 Å². The molecule has 0 spiro atoms. The Morgan fingerprint density at radius 2 is 1.17 bits per heavy atom. The highest BCUT2D eigenvalue weighted by Crippen LogP contribution is 2.36. The van der Waals surface area contributed by atoms with Crippen LogP contribution in [0.1, 0.15) is 33.0 Å². The molecule has 3 aromatic carbocycles. The molecule has 5 heteroatoms. The first-order valence-electron chi connectivity index (χ1n) is 10.1. The molecule has 3 nitrogen and oxygen atoms in total. The van der Waals surface area contributed by atoms with Crippen molar-refractivity contribution in [3.63, 3.8) is 0 Å². The monoisotopic (exact) mass is 433 g/mol. The van der Waals surface area contributed by atoms with Crippen LogP contribution < -0.4 is 0 Å². The molecule has 0 fully saturated rings. The molecule has 2 aliphatic rings. The highest BCUT2D eigenvalue weighted by atomic mass is 32.2. The third kappa shape index (κ3) is 3.40. The Morgan fingerprint density at radius 3 is 1.60 bits per heavy atom. The second-order valence-electron chi connectivity index (χ2n) is 8.00. The molecule has 3 heterocycles. The first-order chi connectivity index (χ1) is 14.5. The Labute approximate surface area is 181 Å². The second kappa shape index (κ2) is 7.71. The van der Waals surface area contributed by atoms with E-state index in [9.17, 15) is 8.42 Å². The van der Waals surface area contributed by atoms with Crippen LogP contribution in [0.5, 0.6) is 0 Å². The maximum atomic E-state index is 12.7. The molecular formula is C25H23NO2S2. The van der Waals surface area contributed by atoms with Gasteiger partial charge in [0.15, 0.2) is 0 Å². The number of pyridine rings is 1. The van der Waals surface area contributed by atoms with E-state index >= 15 is 0 Å². The average Bonchev–Trinajstić information content (AvgIpc) is 2.77. The van der Waals surface area contributed by atoms with E-state index in [2.05, 4.69) is 48.5 Å². The van der Waals surface area contributed by atoms with Crippen molar-refractivity contribution >= 4 is 43.1 Å². The summed E-state index contributed by atoms with van der Waals surface area (Å²) >= 11 is 0. The Kier molecular flexibility index (Phi) is 5.03. The number of aromatic nitrogens is 1. The number of nitrogens with zero attached hydrogens (tertiary/aromatic N) is 1. The molecule has 30 heavy (non-hydrogen) atoms. The van der Waals surface area contributed by atoms with Crippen LogP contribution >= 0.6 is 0 Å². The number of benzene rings is 3. The predicted molar refractivity (Wildman–Crippen MR) is 127 cm³/mol. The van der Waals surface area contributed by atoms with Crippen molar-refractivity contribution in [3.8, 4) is 0 Å². The van der Waals surface area contributed by atoms with Crippen molar-refractivity contribution < 1.29 is 8.42 Å². The summed E-state index contributed by atoms with van der Waals surface area (Å²) in [7, 11) is -2.16. The van der Waals surface area contributed by atoms with Crippen LogP contribution in [-0.4, -0.2) is 25.9 Å². The molecule has 0 amide bonds. The lowest BCUT2D eigenvalue weighted by Crippen LogP contribution is -2.14. The molecule has 0 N–H and O–H groups in total. The van der Waals surface area contributed by atoms with Gasteiger partial charge in [-0.3, -0.25) is 13.4 Å². The van der Waals surface area contributed by atoms with E-state index in [4.69, 9.17) is 4.98 Å². The summed E-state index contributed by atoms with van der Waals surface area (Å²) in [5.41, 5.74) is 4.01. The summed E-state index contributed by atoms with van der Waals surface area (Å²) in [5.74, 6) is 0. The van der Waals surface area contributed by atoms with Gasteiger partial charge in [0.2, 0.25) is 0 Å². The number of rotatable bonds is 2. The lowest BCUT2D eigenvalue weighted by molar-refractivity contribution is 0.669. The lowest BCUT2D eigenvalue weighted by atomic mass is 9.92. The van der Waals surface area contributed by atoms with Crippen molar-refractivity contribution in [1.29, 1.82) is 0 Å². The van der Waals surface area contributed by atoms with Crippen molar-refractivity contribution in [3.05, 3.63) is 89.2 Å². The largest absolute Gasteiger partial charge is 0.259 e. The van der Waals surface area contributed by atoms with E-state index in [1.165, 1.54) is 32.7 Å². The fraction of sp³-hybridized carbons (Fsp3) is 0.240. The molecule has 152 valence electrons. The van der Waals surface area contributed by atoms with Gasteiger partial charge in [0, 0.05) is 34.1 Å². The van der Waals surface area contributed by atoms with Crippen molar-refractivity contribution in [2.24, 2.45) is 0 Å². The predicted octanol–water partition coefficient (Wildman–Crippen LogP) is 5.03. The smallest absolute Gasteiger partial charge is 0.0807 e. The standard InChI is InChI=1S/C25H23NO2S2/c1-29(27)24-14-18-10-11-19(15-25(30(2)28)23-9-5-8-22(24)26-23)21-13-17-7-4-3-6-16(17)12-20(18)21/h3-13,24-25H,14-15H2,1-2H3. The first kappa shape index (κ1) is 19.6. The summed E-state index contributed by atoms with van der Waals surface area (Å²) in [6.45, 7) is 0. The molecule has 0 aliphatic carbocycles. The van der Waals surface area contributed by atoms with Gasteiger partial charge in [0.05, 0.1) is 21.9 Å². The molecule has 4 aromatic rings. The second-order valence-corrected chi connectivity index (χ2v) is 11.1. The van der Waals surface area contributed by atoms with Gasteiger partial charge in [-0.2, -0.15) is 0 Å². The molecule has 0 radical (unpaired) electrons. The van der Waals surface area contributed by atoms with Gasteiger partial charge < -0.3 is 0 Å². The van der Waals surface area contributed by atoms with Crippen LogP contribution in [0, 0.1) is 0 Å². The molecule has 0 saturated carbocycles. The Balaban J connectivity index is 1.84. The van der Waals surface area contributed by atoms with Crippen molar-refractivity contribution in [2.45, 2.75) is 23.3 Å². The minimum Gasteiger partial charge on any atom is -0.259 e. The average molecular weight is 434 g/mol. The summed E-state index contributed by atoms with van der Waals surface area (Å²) in [5, 5.41) is 4.38. The van der Waals surface area contributed by atoms with E-state index in [1.54, 1.807) is 12.5 Å². The van der Waals surface area contributed by atoms with Gasteiger partial charge in [0.1, 0.15) is 0 Å². The zero-order chi connectivity index (χ0) is 20.8. The quantitative estimate of drug-likeness (QED) is 0.417. The van der Waals surface area contributed by atoms with Crippen molar-refractivity contribution in [2.75, 3.05) is 12.5 Å². The van der Waals surface area contributed by atoms with Gasteiger partial charge in [-0.15, -0.1) is 0 Å². The SMILES string of the molecule is CS(=O)C1Cc2ccc(c3cc4ccccc4cc23)CC(S(C)=O)c2cccc1n2. The van der Waals surface area contributed by atoms with Gasteiger partial charge in [-0.05, 0) is 69.8 Å². The van der Waals surface area contributed by atoms with Gasteiger partial charge in [0.25, 0.3) is 0 Å². The summed E-state index contributed by atoms with van der Waals surface area (Å²) < 4.78 is 25.5. The molecule has 4 unspecified atom stereocenters. The Bertz CT molecular complexity index is 1230. The highest BCUT2D eigenvalue weighted by Gasteiger charge is 2.26. The maximum absolute atomic E-state index is 12.7. The highest BCUT2D eigenvalue weighted by molar-refractivity contribution is 7.84. The molecule has 0 saturated heterocycles. The number of hydrogen-bond donors (Lipinski definition) is 0. The maximum Gasteiger partial charge on any atom is 0.0807 e. The number of fused-ring (bicyclic) bond motifs is 4. The summed E-state index contributed by atoms with van der Waals surface area (Å²) in [4.78, 5) is 4.85. The fourth-order valence-electron chi connectivity index (χ4n) is 4.52. The van der Waals surface area contributed by atoms with E-state index in [0.717, 1.165) is 11.4 Å². The molecular weight excluding hydrogens is 410 g/mol. The number of hydrogen-bond acceptors (Lipinski definition) is 3. The third-order valence-corrected chi connectivity index (χ3v) is 8.55. The van der Waals surface area contributed by atoms with Crippen LogP contribution in [0.3, 0.4) is 0 Å². The van der Waals surface area contributed by atoms with Crippen LogP contribution in [-0.2, 0) is 34.4 Å². The van der Waals surface area contributed by atoms with Crippen LogP contribution in [0.2, 0.25) is 0 Å². The minimum atomic E-state index is -1.08. The Hall–Kier alpha value is -2.37. The van der Waals surface area contributed by atoms with Crippen LogP contribution in [0.15, 0.2) is 66.7 Å². The molecule has 4 bridgehead atoms. The third-order valence-electron chi connectivity index (χ3n) is 6.13. The van der Waals surface area contributed by atoms with Gasteiger partial charge in [-0.25, -0.2) is 0 Å². The molecule has 6 rings (SSSR count). The van der Waals surface area contributed by atoms with E-state index in [-0.39, 0.29) is 10.5 Å². The van der Waals surface area contributed by atoms with E-state index in [1.807, 2.05) is 18.2 Å². The van der Waals surface area contributed by atoms with E-state index in [0.29, 0.717) is 12.8 Å². The zero-order valence-electron chi connectivity index (χ0n) is 17.0. The van der Waals surface area contributed by atoms with Gasteiger partial charge >= 0.3 is 0 Å². The molecule has 1 aromatic heterocycles. The minimum absolute atomic E-state index is 0.200. The van der Waals surface area contributed by atoms with Crippen molar-refractivity contribution in [1.82, 2.24) is 4.98 Å². The summed E-state index contributed by atoms with van der Waals surface area (Å²) in [6, 6.07) is 23.1. The van der Waals surface area contributed by atoms with Gasteiger partial charge in [-0.1, -0.05) is 42.5 Å². The zero-order valence-corrected chi connectivity index (χ0v) is 18.6. The lowest BCUT2D eigenvalue weighted by Gasteiger charge is -2.17. The molecule has 4 atom stereocenters. The fourth-order valence-corrected chi connectivity index (χ4v) is 6.29. The topological polar surface area (TPSA) is 47.0 Å². The van der Waals surface area contributed by atoms with Crippen LogP contribution in [0.25, 0.3) is 21.5 Å². The Morgan fingerprint density at radius 1 is 0.700 bits per heavy atom. The van der Waals surface area contributed by atoms with Crippen LogP contribution in [0.4, 0.5) is 0 Å². The molecule has 2 aliphatic heterocycles. The summed E-state index contributed by atoms with van der Waals surface area (Å²) in [6.07, 6.45) is 4.82.